The van der Waals surface area contributed by atoms with Crippen LogP contribution in [0, 0.1) is 5.82 Å². The third-order valence-corrected chi connectivity index (χ3v) is 3.99. The van der Waals surface area contributed by atoms with E-state index in [0.717, 1.165) is 20.3 Å². The number of methoxy groups -OCH3 is 2. The van der Waals surface area contributed by atoms with Crippen LogP contribution >= 0.6 is 31.9 Å². The summed E-state index contributed by atoms with van der Waals surface area (Å²) in [5.41, 5.74) is -0.242. The second kappa shape index (κ2) is 7.39. The predicted octanol–water partition coefficient (Wildman–Crippen LogP) is 2.99. The minimum Gasteiger partial charge on any atom is -0.466 e. The van der Waals surface area contributed by atoms with Crippen molar-refractivity contribution in [3.63, 3.8) is 0 Å². The van der Waals surface area contributed by atoms with Gasteiger partial charge in [-0.15, -0.1) is 0 Å². The first-order valence-electron chi connectivity index (χ1n) is 5.18. The number of halogens is 3. The van der Waals surface area contributed by atoms with E-state index < -0.39 is 17.8 Å². The van der Waals surface area contributed by atoms with Gasteiger partial charge in [0.05, 0.1) is 26.0 Å². The van der Waals surface area contributed by atoms with Crippen molar-refractivity contribution in [2.75, 3.05) is 19.5 Å². The summed E-state index contributed by atoms with van der Waals surface area (Å²) in [5.74, 6) is -2.21. The molecule has 0 aliphatic rings. The summed E-state index contributed by atoms with van der Waals surface area (Å²) < 4.78 is 23.8. The van der Waals surface area contributed by atoms with E-state index in [2.05, 4.69) is 46.7 Å². The van der Waals surface area contributed by atoms with Crippen molar-refractivity contribution in [1.82, 2.24) is 0 Å². The minimum absolute atomic E-state index is 0.000582. The van der Waals surface area contributed by atoms with E-state index in [1.165, 1.54) is 12.1 Å². The molecule has 0 radical (unpaired) electrons. The van der Waals surface area contributed by atoms with Crippen molar-refractivity contribution in [3.05, 3.63) is 38.7 Å². The predicted molar refractivity (Wildman–Crippen MR) is 77.5 cm³/mol. The molecule has 0 spiro atoms. The molecule has 0 atom stereocenters. The topological polar surface area (TPSA) is 64.6 Å². The molecular weight excluding hydrogens is 401 g/mol. The van der Waals surface area contributed by atoms with Gasteiger partial charge in [0.15, 0.2) is 0 Å². The van der Waals surface area contributed by atoms with Crippen molar-refractivity contribution in [2.24, 2.45) is 0 Å². The number of carbonyl (C=O) groups excluding carboxylic acids is 2. The molecule has 0 saturated carbocycles. The van der Waals surface area contributed by atoms with Crippen LogP contribution in [0.4, 0.5) is 10.1 Å². The zero-order chi connectivity index (χ0) is 15.3. The van der Waals surface area contributed by atoms with Crippen LogP contribution in [0.5, 0.6) is 0 Å². The van der Waals surface area contributed by atoms with Crippen molar-refractivity contribution in [3.8, 4) is 0 Å². The van der Waals surface area contributed by atoms with Crippen LogP contribution in [0.25, 0.3) is 0 Å². The standard InChI is InChI=1S/C12H10Br2FNO4/c1-19-11(17)5-10(12(18)20-2)16-9-4-7(14)6(13)3-8(9)15/h3-5,16H,1-2H3/b10-5+. The van der Waals surface area contributed by atoms with Crippen molar-refractivity contribution >= 4 is 49.5 Å². The second-order valence-electron chi connectivity index (χ2n) is 3.44. The van der Waals surface area contributed by atoms with Gasteiger partial charge in [0.2, 0.25) is 0 Å². The van der Waals surface area contributed by atoms with Crippen molar-refractivity contribution < 1.29 is 23.5 Å². The number of esters is 2. The molecule has 0 amide bonds. The average Bonchev–Trinajstić information content (AvgIpc) is 2.42. The molecule has 1 aromatic carbocycles. The summed E-state index contributed by atoms with van der Waals surface area (Å²) in [6, 6.07) is 2.62. The Bertz CT molecular complexity index is 575. The Kier molecular flexibility index (Phi) is 6.15. The Morgan fingerprint density at radius 2 is 1.80 bits per heavy atom. The van der Waals surface area contributed by atoms with Gasteiger partial charge < -0.3 is 14.8 Å². The lowest BCUT2D eigenvalue weighted by molar-refractivity contribution is -0.138. The number of anilines is 1. The molecule has 0 aliphatic heterocycles. The lowest BCUT2D eigenvalue weighted by Gasteiger charge is -2.11. The zero-order valence-corrected chi connectivity index (χ0v) is 13.7. The lowest BCUT2D eigenvalue weighted by Crippen LogP contribution is -2.16. The number of hydrogen-bond donors (Lipinski definition) is 1. The fraction of sp³-hybridized carbons (Fsp3) is 0.167. The maximum Gasteiger partial charge on any atom is 0.354 e. The third-order valence-electron chi connectivity index (χ3n) is 2.15. The van der Waals surface area contributed by atoms with Crippen LogP contribution in [0.2, 0.25) is 0 Å². The number of carbonyl (C=O) groups is 2. The largest absolute Gasteiger partial charge is 0.466 e. The van der Waals surface area contributed by atoms with E-state index >= 15 is 0 Å². The van der Waals surface area contributed by atoms with Gasteiger partial charge in [0.1, 0.15) is 11.5 Å². The first-order chi connectivity index (χ1) is 9.38. The maximum atomic E-state index is 13.8. The van der Waals surface area contributed by atoms with Crippen LogP contribution in [-0.2, 0) is 19.1 Å². The fourth-order valence-corrected chi connectivity index (χ4v) is 1.86. The zero-order valence-electron chi connectivity index (χ0n) is 10.5. The van der Waals surface area contributed by atoms with Crippen LogP contribution in [0.15, 0.2) is 32.9 Å². The molecule has 0 aromatic heterocycles. The summed E-state index contributed by atoms with van der Waals surface area (Å²) in [5, 5.41) is 2.49. The highest BCUT2D eigenvalue weighted by Gasteiger charge is 2.15. The number of rotatable bonds is 4. The van der Waals surface area contributed by atoms with E-state index in [0.29, 0.717) is 8.95 Å². The van der Waals surface area contributed by atoms with Crippen LogP contribution in [0.3, 0.4) is 0 Å². The number of hydrogen-bond acceptors (Lipinski definition) is 5. The van der Waals surface area contributed by atoms with E-state index in [4.69, 9.17) is 0 Å². The molecule has 0 saturated heterocycles. The average molecular weight is 411 g/mol. The number of nitrogens with one attached hydrogen (secondary N) is 1. The van der Waals surface area contributed by atoms with Crippen LogP contribution in [-0.4, -0.2) is 26.2 Å². The highest BCUT2D eigenvalue weighted by Crippen LogP contribution is 2.29. The summed E-state index contributed by atoms with van der Waals surface area (Å²) in [6.45, 7) is 0. The number of ether oxygens (including phenoxy) is 2. The highest BCUT2D eigenvalue weighted by molar-refractivity contribution is 9.13. The normalized spacial score (nSPS) is 10.9. The number of benzene rings is 1. The molecule has 5 nitrogen and oxygen atoms in total. The first-order valence-corrected chi connectivity index (χ1v) is 6.77. The fourth-order valence-electron chi connectivity index (χ4n) is 1.20. The second-order valence-corrected chi connectivity index (χ2v) is 5.15. The van der Waals surface area contributed by atoms with Crippen LogP contribution in [0.1, 0.15) is 0 Å². The van der Waals surface area contributed by atoms with Crippen molar-refractivity contribution in [2.45, 2.75) is 0 Å². The Morgan fingerprint density at radius 1 is 1.20 bits per heavy atom. The minimum atomic E-state index is -0.825. The first kappa shape index (κ1) is 16.6. The molecule has 20 heavy (non-hydrogen) atoms. The molecule has 8 heteroatoms. The van der Waals surface area contributed by atoms with Gasteiger partial charge in [-0.1, -0.05) is 0 Å². The molecule has 1 aromatic rings. The van der Waals surface area contributed by atoms with E-state index in [9.17, 15) is 14.0 Å². The molecule has 0 fully saturated rings. The van der Waals surface area contributed by atoms with E-state index in [1.54, 1.807) is 0 Å². The van der Waals surface area contributed by atoms with Gasteiger partial charge in [0, 0.05) is 8.95 Å². The van der Waals surface area contributed by atoms with Gasteiger partial charge in [-0.25, -0.2) is 14.0 Å². The summed E-state index contributed by atoms with van der Waals surface area (Å²) >= 11 is 6.35. The highest BCUT2D eigenvalue weighted by atomic mass is 79.9. The van der Waals surface area contributed by atoms with E-state index in [-0.39, 0.29) is 11.4 Å². The molecule has 0 bridgehead atoms. The Balaban J connectivity index is 3.14. The van der Waals surface area contributed by atoms with Gasteiger partial charge in [-0.2, -0.15) is 0 Å². The smallest absolute Gasteiger partial charge is 0.354 e. The molecule has 1 rings (SSSR count). The molecular formula is C12H10Br2FNO4. The Labute approximate surface area is 131 Å². The summed E-state index contributed by atoms with van der Waals surface area (Å²) in [4.78, 5) is 22.7. The molecule has 0 heterocycles. The monoisotopic (exact) mass is 409 g/mol. The molecule has 1 N–H and O–H groups in total. The molecule has 108 valence electrons. The molecule has 0 unspecified atom stereocenters. The molecule has 0 aliphatic carbocycles. The SMILES string of the molecule is COC(=O)/C=C(/Nc1cc(Br)c(Br)cc1F)C(=O)OC. The maximum absolute atomic E-state index is 13.8. The summed E-state index contributed by atoms with van der Waals surface area (Å²) in [7, 11) is 2.30. The van der Waals surface area contributed by atoms with Crippen molar-refractivity contribution in [1.29, 1.82) is 0 Å². The van der Waals surface area contributed by atoms with Gasteiger partial charge in [-0.05, 0) is 44.0 Å². The third kappa shape index (κ3) is 4.31. The van der Waals surface area contributed by atoms with Gasteiger partial charge >= 0.3 is 11.9 Å². The van der Waals surface area contributed by atoms with E-state index in [1.807, 2.05) is 0 Å². The Morgan fingerprint density at radius 3 is 2.35 bits per heavy atom. The quantitative estimate of drug-likeness (QED) is 0.469. The van der Waals surface area contributed by atoms with Crippen LogP contribution < -0.4 is 5.32 Å². The lowest BCUT2D eigenvalue weighted by atomic mass is 10.3. The van der Waals surface area contributed by atoms with Gasteiger partial charge in [-0.3, -0.25) is 0 Å². The van der Waals surface area contributed by atoms with Gasteiger partial charge in [0.25, 0.3) is 0 Å². The summed E-state index contributed by atoms with van der Waals surface area (Å²) in [6.07, 6.45) is 0.876. The Hall–Kier alpha value is -1.41.